The van der Waals surface area contributed by atoms with Crippen molar-refractivity contribution in [2.75, 3.05) is 19.6 Å². The average Bonchev–Trinajstić information content (AvgIpc) is 2.33. The second-order valence-corrected chi connectivity index (χ2v) is 5.43. The molecule has 0 atom stereocenters. The fourth-order valence-corrected chi connectivity index (χ4v) is 2.41. The Morgan fingerprint density at radius 3 is 2.47 bits per heavy atom. The smallest absolute Gasteiger partial charge is 0.0644 e. The third-order valence-electron chi connectivity index (χ3n) is 3.72. The lowest BCUT2D eigenvalue weighted by Gasteiger charge is -2.35. The Bertz CT molecular complexity index is 324. The molecule has 0 bridgehead atoms. The van der Waals surface area contributed by atoms with Crippen LogP contribution in [0.3, 0.4) is 0 Å². The monoisotopic (exact) mass is 233 g/mol. The van der Waals surface area contributed by atoms with Crippen LogP contribution in [0.4, 0.5) is 0 Å². The number of nitrogens with zero attached hydrogens (tertiary/aromatic N) is 1. The van der Waals surface area contributed by atoms with Gasteiger partial charge in [0.05, 0.1) is 5.60 Å². The molecule has 17 heavy (non-hydrogen) atoms. The van der Waals surface area contributed by atoms with Gasteiger partial charge in [0, 0.05) is 13.1 Å². The van der Waals surface area contributed by atoms with E-state index < -0.39 is 5.60 Å². The third kappa shape index (κ3) is 4.14. The van der Waals surface area contributed by atoms with E-state index >= 15 is 0 Å². The van der Waals surface area contributed by atoms with E-state index in [4.69, 9.17) is 0 Å². The maximum absolute atomic E-state index is 9.87. The highest BCUT2D eigenvalue weighted by Crippen LogP contribution is 2.21. The molecule has 0 aromatic heterocycles. The van der Waals surface area contributed by atoms with E-state index in [9.17, 15) is 5.11 Å². The summed E-state index contributed by atoms with van der Waals surface area (Å²) < 4.78 is 0. The molecule has 0 saturated carbocycles. The lowest BCUT2D eigenvalue weighted by atomic mass is 9.94. The van der Waals surface area contributed by atoms with E-state index in [1.165, 1.54) is 12.0 Å². The van der Waals surface area contributed by atoms with Crippen molar-refractivity contribution < 1.29 is 5.11 Å². The highest BCUT2D eigenvalue weighted by Gasteiger charge is 2.26. The zero-order valence-corrected chi connectivity index (χ0v) is 10.7. The minimum absolute atomic E-state index is 0.421. The molecular weight excluding hydrogens is 210 g/mol. The van der Waals surface area contributed by atoms with Crippen LogP contribution < -0.4 is 0 Å². The second kappa shape index (κ2) is 5.65. The molecular formula is C15H23NO. The van der Waals surface area contributed by atoms with E-state index in [1.807, 2.05) is 6.92 Å². The average molecular weight is 233 g/mol. The molecule has 1 aliphatic heterocycles. The van der Waals surface area contributed by atoms with Crippen molar-refractivity contribution in [3.8, 4) is 0 Å². The molecule has 2 rings (SSSR count). The van der Waals surface area contributed by atoms with Gasteiger partial charge < -0.3 is 10.0 Å². The van der Waals surface area contributed by atoms with Gasteiger partial charge in [-0.2, -0.15) is 0 Å². The van der Waals surface area contributed by atoms with Gasteiger partial charge in [-0.3, -0.25) is 0 Å². The Kier molecular flexibility index (Phi) is 4.19. The lowest BCUT2D eigenvalue weighted by Crippen LogP contribution is -2.42. The first-order chi connectivity index (χ1) is 8.16. The van der Waals surface area contributed by atoms with Gasteiger partial charge in [0.2, 0.25) is 0 Å². The molecule has 1 aromatic carbocycles. The van der Waals surface area contributed by atoms with Crippen molar-refractivity contribution >= 4 is 0 Å². The van der Waals surface area contributed by atoms with Crippen LogP contribution in [0, 0.1) is 0 Å². The molecule has 0 radical (unpaired) electrons. The number of hydrogen-bond acceptors (Lipinski definition) is 2. The number of aryl methyl sites for hydroxylation is 1. The minimum Gasteiger partial charge on any atom is -0.390 e. The van der Waals surface area contributed by atoms with Crippen molar-refractivity contribution in [2.45, 2.75) is 38.2 Å². The Balaban J connectivity index is 1.67. The Morgan fingerprint density at radius 2 is 1.82 bits per heavy atom. The molecule has 1 fully saturated rings. The van der Waals surface area contributed by atoms with Gasteiger partial charge >= 0.3 is 0 Å². The summed E-state index contributed by atoms with van der Waals surface area (Å²) in [4.78, 5) is 2.47. The molecule has 0 spiro atoms. The van der Waals surface area contributed by atoms with Crippen molar-refractivity contribution in [3.05, 3.63) is 35.9 Å². The number of hydrogen-bond donors (Lipinski definition) is 1. The molecule has 1 aromatic rings. The maximum Gasteiger partial charge on any atom is 0.0644 e. The van der Waals surface area contributed by atoms with E-state index in [0.717, 1.165) is 38.9 Å². The summed E-state index contributed by atoms with van der Waals surface area (Å²) >= 11 is 0. The van der Waals surface area contributed by atoms with E-state index in [-0.39, 0.29) is 0 Å². The number of likely N-dealkylation sites (tertiary alicyclic amines) is 1. The highest BCUT2D eigenvalue weighted by molar-refractivity contribution is 5.14. The molecule has 2 heteroatoms. The first-order valence-corrected chi connectivity index (χ1v) is 6.64. The Hall–Kier alpha value is -0.860. The first-order valence-electron chi connectivity index (χ1n) is 6.64. The summed E-state index contributed by atoms with van der Waals surface area (Å²) in [5.41, 5.74) is 1.01. The van der Waals surface area contributed by atoms with Crippen LogP contribution in [0.2, 0.25) is 0 Å². The van der Waals surface area contributed by atoms with Gasteiger partial charge in [-0.25, -0.2) is 0 Å². The minimum atomic E-state index is -0.421. The van der Waals surface area contributed by atoms with Gasteiger partial charge in [-0.05, 0) is 44.7 Å². The second-order valence-electron chi connectivity index (χ2n) is 5.43. The third-order valence-corrected chi connectivity index (χ3v) is 3.72. The first kappa shape index (κ1) is 12.6. The van der Waals surface area contributed by atoms with Crippen molar-refractivity contribution in [1.82, 2.24) is 4.90 Å². The van der Waals surface area contributed by atoms with Crippen molar-refractivity contribution in [2.24, 2.45) is 0 Å². The van der Waals surface area contributed by atoms with Crippen LogP contribution in [-0.4, -0.2) is 35.2 Å². The van der Waals surface area contributed by atoms with E-state index in [0.29, 0.717) is 0 Å². The maximum atomic E-state index is 9.87. The number of piperidine rings is 1. The standard InChI is InChI=1S/C15H23NO/c1-15(17)9-12-16(13-10-15)11-5-8-14-6-3-2-4-7-14/h2-4,6-7,17H,5,8-13H2,1H3. The van der Waals surface area contributed by atoms with Crippen LogP contribution >= 0.6 is 0 Å². The molecule has 0 unspecified atom stereocenters. The van der Waals surface area contributed by atoms with Crippen LogP contribution in [0.25, 0.3) is 0 Å². The van der Waals surface area contributed by atoms with E-state index in [2.05, 4.69) is 35.2 Å². The fraction of sp³-hybridized carbons (Fsp3) is 0.600. The van der Waals surface area contributed by atoms with Gasteiger partial charge in [-0.15, -0.1) is 0 Å². The molecule has 1 saturated heterocycles. The van der Waals surface area contributed by atoms with E-state index in [1.54, 1.807) is 0 Å². The molecule has 1 N–H and O–H groups in total. The lowest BCUT2D eigenvalue weighted by molar-refractivity contribution is -0.00539. The predicted octanol–water partition coefficient (Wildman–Crippen LogP) is 2.47. The molecule has 0 aliphatic carbocycles. The zero-order valence-electron chi connectivity index (χ0n) is 10.7. The number of benzene rings is 1. The van der Waals surface area contributed by atoms with Gasteiger partial charge in [0.25, 0.3) is 0 Å². The molecule has 1 aliphatic rings. The normalized spacial score (nSPS) is 20.4. The topological polar surface area (TPSA) is 23.5 Å². The van der Waals surface area contributed by atoms with Crippen LogP contribution in [0.5, 0.6) is 0 Å². The molecule has 0 amide bonds. The van der Waals surface area contributed by atoms with Crippen molar-refractivity contribution in [3.63, 3.8) is 0 Å². The Morgan fingerprint density at radius 1 is 1.18 bits per heavy atom. The van der Waals surface area contributed by atoms with Crippen molar-refractivity contribution in [1.29, 1.82) is 0 Å². The zero-order chi connectivity index (χ0) is 12.1. The Labute approximate surface area is 104 Å². The fourth-order valence-electron chi connectivity index (χ4n) is 2.41. The quantitative estimate of drug-likeness (QED) is 0.863. The number of aliphatic hydroxyl groups is 1. The molecule has 2 nitrogen and oxygen atoms in total. The summed E-state index contributed by atoms with van der Waals surface area (Å²) in [5.74, 6) is 0. The highest BCUT2D eigenvalue weighted by atomic mass is 16.3. The summed E-state index contributed by atoms with van der Waals surface area (Å²) in [6.07, 6.45) is 4.20. The summed E-state index contributed by atoms with van der Waals surface area (Å²) in [6.45, 7) is 5.20. The van der Waals surface area contributed by atoms with Gasteiger partial charge in [-0.1, -0.05) is 30.3 Å². The summed E-state index contributed by atoms with van der Waals surface area (Å²) in [5, 5.41) is 9.87. The molecule has 1 heterocycles. The molecule has 94 valence electrons. The largest absolute Gasteiger partial charge is 0.390 e. The summed E-state index contributed by atoms with van der Waals surface area (Å²) in [7, 11) is 0. The number of rotatable bonds is 4. The van der Waals surface area contributed by atoms with Crippen LogP contribution in [-0.2, 0) is 6.42 Å². The summed E-state index contributed by atoms with van der Waals surface area (Å²) in [6, 6.07) is 10.7. The van der Waals surface area contributed by atoms with Crippen LogP contribution in [0.15, 0.2) is 30.3 Å². The SMILES string of the molecule is CC1(O)CCN(CCCc2ccccc2)CC1. The van der Waals surface area contributed by atoms with Gasteiger partial charge in [0.1, 0.15) is 0 Å². The predicted molar refractivity (Wildman–Crippen MR) is 71.1 cm³/mol. The van der Waals surface area contributed by atoms with Crippen LogP contribution in [0.1, 0.15) is 31.7 Å². The van der Waals surface area contributed by atoms with Gasteiger partial charge in [0.15, 0.2) is 0 Å².